The summed E-state index contributed by atoms with van der Waals surface area (Å²) in [6.45, 7) is 19.8. The molecule has 1 aliphatic heterocycles. The van der Waals surface area contributed by atoms with Gasteiger partial charge in [0.15, 0.2) is 0 Å². The van der Waals surface area contributed by atoms with E-state index in [4.69, 9.17) is 14.2 Å². The summed E-state index contributed by atoms with van der Waals surface area (Å²) < 4.78 is 17.1. The molecule has 262 valence electrons. The van der Waals surface area contributed by atoms with Crippen molar-refractivity contribution in [3.05, 3.63) is 0 Å². The van der Waals surface area contributed by atoms with Gasteiger partial charge in [0, 0.05) is 79.5 Å². The average molecular weight is 653 g/mol. The van der Waals surface area contributed by atoms with Gasteiger partial charge < -0.3 is 44.9 Å². The first-order chi connectivity index (χ1) is 21.3. The normalized spacial score (nSPS) is 16.1. The number of nitrogens with one attached hydrogen (secondary N) is 3. The summed E-state index contributed by atoms with van der Waals surface area (Å²) in [4.78, 5) is 59.6. The van der Waals surface area contributed by atoms with Crippen molar-refractivity contribution in [3.8, 4) is 0 Å². The van der Waals surface area contributed by atoms with Crippen LogP contribution in [0.1, 0.15) is 62.3 Å². The summed E-state index contributed by atoms with van der Waals surface area (Å²) in [5.74, 6) is 1.26. The predicted octanol–water partition coefficient (Wildman–Crippen LogP) is 3.39. The molecule has 16 nitrogen and oxygen atoms in total. The Hall–Kier alpha value is -3.82. The van der Waals surface area contributed by atoms with Crippen LogP contribution in [0.3, 0.4) is 0 Å². The molecule has 1 saturated heterocycles. The van der Waals surface area contributed by atoms with Crippen molar-refractivity contribution in [1.29, 1.82) is 0 Å². The molecule has 0 aromatic carbocycles. The topological polar surface area (TPSA) is 167 Å². The summed E-state index contributed by atoms with van der Waals surface area (Å²) in [6, 6.07) is 0. The first-order valence-corrected chi connectivity index (χ1v) is 15.8. The third-order valence-corrected chi connectivity index (χ3v) is 6.40. The van der Waals surface area contributed by atoms with Gasteiger partial charge in [0.1, 0.15) is 16.8 Å². The van der Waals surface area contributed by atoms with E-state index in [1.165, 1.54) is 4.90 Å². The average Bonchev–Trinajstić information content (AvgIpc) is 2.91. The molecule has 0 unspecified atom stereocenters. The Morgan fingerprint density at radius 1 is 0.565 bits per heavy atom. The van der Waals surface area contributed by atoms with Crippen LogP contribution in [-0.2, 0) is 14.2 Å². The minimum absolute atomic E-state index is 0.193. The minimum Gasteiger partial charge on any atom is -0.444 e. The number of ether oxygens (including phenoxy) is 3. The van der Waals surface area contributed by atoms with Crippen LogP contribution < -0.4 is 16.0 Å². The number of carbonyl (C=O) groups is 3. The number of rotatable bonds is 6. The van der Waals surface area contributed by atoms with E-state index in [-0.39, 0.29) is 26.2 Å². The second-order valence-corrected chi connectivity index (χ2v) is 14.0. The molecule has 0 bridgehead atoms. The van der Waals surface area contributed by atoms with E-state index < -0.39 is 35.1 Å². The number of carbonyl (C=O) groups excluding carboxylic acids is 3. The highest BCUT2D eigenvalue weighted by molar-refractivity contribution is 5.70. The van der Waals surface area contributed by atoms with Crippen molar-refractivity contribution in [2.45, 2.75) is 79.1 Å². The van der Waals surface area contributed by atoms with Gasteiger partial charge in [-0.3, -0.25) is 4.90 Å². The third kappa shape index (κ3) is 14.5. The molecule has 0 spiro atoms. The molecular weight excluding hydrogens is 596 g/mol. The van der Waals surface area contributed by atoms with E-state index in [1.807, 2.05) is 41.5 Å². The molecule has 0 radical (unpaired) electrons. The second-order valence-electron chi connectivity index (χ2n) is 14.0. The monoisotopic (exact) mass is 652 g/mol. The zero-order valence-corrected chi connectivity index (χ0v) is 29.7. The molecule has 1 aromatic heterocycles. The van der Waals surface area contributed by atoms with E-state index >= 15 is 0 Å². The number of amides is 3. The quantitative estimate of drug-likeness (QED) is 0.383. The lowest BCUT2D eigenvalue weighted by Gasteiger charge is -2.35. The van der Waals surface area contributed by atoms with Crippen LogP contribution in [-0.4, -0.2) is 149 Å². The molecule has 46 heavy (non-hydrogen) atoms. The Balaban J connectivity index is 2.31. The molecule has 3 amide bonds. The molecule has 0 atom stereocenters. The lowest BCUT2D eigenvalue weighted by molar-refractivity contribution is 0.00482. The summed E-state index contributed by atoms with van der Waals surface area (Å²) in [5.41, 5.74) is -2.09. The van der Waals surface area contributed by atoms with E-state index in [1.54, 1.807) is 44.7 Å². The van der Waals surface area contributed by atoms with Gasteiger partial charge in [-0.05, 0) is 62.3 Å². The first-order valence-electron chi connectivity index (χ1n) is 15.8. The largest absolute Gasteiger partial charge is 0.444 e. The lowest BCUT2D eigenvalue weighted by Crippen LogP contribution is -2.51. The van der Waals surface area contributed by atoms with Gasteiger partial charge in [0.05, 0.1) is 0 Å². The summed E-state index contributed by atoms with van der Waals surface area (Å²) >= 11 is 0. The van der Waals surface area contributed by atoms with Crippen molar-refractivity contribution < 1.29 is 28.6 Å². The van der Waals surface area contributed by atoms with Crippen LogP contribution in [0.15, 0.2) is 0 Å². The molecule has 1 aromatic rings. The van der Waals surface area contributed by atoms with Crippen molar-refractivity contribution in [2.75, 3.05) is 95.5 Å². The zero-order valence-electron chi connectivity index (χ0n) is 29.7. The molecule has 0 aliphatic carbocycles. The Morgan fingerprint density at radius 3 is 1.17 bits per heavy atom. The fraction of sp³-hybridized carbons (Fsp3) is 0.800. The highest BCUT2D eigenvalue weighted by Crippen LogP contribution is 2.15. The lowest BCUT2D eigenvalue weighted by atomic mass is 10.2. The van der Waals surface area contributed by atoms with E-state index in [2.05, 4.69) is 35.8 Å². The summed E-state index contributed by atoms with van der Waals surface area (Å²) in [5, 5.41) is 9.08. The number of anilines is 3. The molecular formula is C30H56N10O6. The predicted molar refractivity (Wildman–Crippen MR) is 177 cm³/mol. The standard InChI is InChI=1S/C30H56N10O6/c1-28(2,3)44-25(41)38-16-14-37(13-12-33-24-35-22(31-10)34-23(32-11)36-24)15-17-39(26(42)45-29(4,5)6)19-21-40(20-18-38)27(43)46-30(7,8)9/h12-21H2,1-11H3,(H3,31,32,33,34,35,36). The SMILES string of the molecule is CNc1nc(NC)nc(NCCN2CCN(C(=O)OC(C)(C)C)CCN(C(=O)OC(C)(C)C)CCN(C(=O)OC(C)(C)C)CC2)n1. The van der Waals surface area contributed by atoms with E-state index in [9.17, 15) is 14.4 Å². The molecule has 3 N–H and O–H groups in total. The highest BCUT2D eigenvalue weighted by atomic mass is 16.6. The maximum Gasteiger partial charge on any atom is 0.410 e. The van der Waals surface area contributed by atoms with E-state index in [0.717, 1.165) is 0 Å². The zero-order chi connectivity index (χ0) is 34.7. The minimum atomic E-state index is -0.713. The fourth-order valence-electron chi connectivity index (χ4n) is 4.21. The van der Waals surface area contributed by atoms with Crippen molar-refractivity contribution in [1.82, 2.24) is 34.6 Å². The van der Waals surface area contributed by atoms with Crippen LogP contribution in [0.2, 0.25) is 0 Å². The molecule has 1 aliphatic rings. The summed E-state index contributed by atoms with van der Waals surface area (Å²) in [6.07, 6.45) is -1.45. The number of hydrogen-bond acceptors (Lipinski definition) is 13. The van der Waals surface area contributed by atoms with Gasteiger partial charge in [0.25, 0.3) is 0 Å². The molecule has 1 fully saturated rings. The summed E-state index contributed by atoms with van der Waals surface area (Å²) in [7, 11) is 3.46. The number of nitrogens with zero attached hydrogens (tertiary/aromatic N) is 7. The smallest absolute Gasteiger partial charge is 0.410 e. The Labute approximate surface area is 273 Å². The molecule has 2 heterocycles. The van der Waals surface area contributed by atoms with Crippen LogP contribution in [0.4, 0.5) is 32.2 Å². The fourth-order valence-corrected chi connectivity index (χ4v) is 4.21. The van der Waals surface area contributed by atoms with E-state index in [0.29, 0.717) is 57.1 Å². The molecule has 2 rings (SSSR count). The Morgan fingerprint density at radius 2 is 0.870 bits per heavy atom. The van der Waals surface area contributed by atoms with Crippen LogP contribution >= 0.6 is 0 Å². The van der Waals surface area contributed by atoms with Gasteiger partial charge in [-0.15, -0.1) is 0 Å². The van der Waals surface area contributed by atoms with Crippen LogP contribution in [0, 0.1) is 0 Å². The molecule has 0 saturated carbocycles. The van der Waals surface area contributed by atoms with Gasteiger partial charge in [0.2, 0.25) is 17.8 Å². The van der Waals surface area contributed by atoms with Gasteiger partial charge in [-0.1, -0.05) is 0 Å². The van der Waals surface area contributed by atoms with Gasteiger partial charge >= 0.3 is 18.3 Å². The number of aromatic nitrogens is 3. The Bertz CT molecular complexity index is 1080. The van der Waals surface area contributed by atoms with Crippen molar-refractivity contribution in [2.24, 2.45) is 0 Å². The third-order valence-electron chi connectivity index (χ3n) is 6.40. The number of hydrogen-bond donors (Lipinski definition) is 3. The van der Waals surface area contributed by atoms with Crippen molar-refractivity contribution >= 4 is 36.1 Å². The maximum atomic E-state index is 13.3. The van der Waals surface area contributed by atoms with Crippen LogP contribution in [0.5, 0.6) is 0 Å². The van der Waals surface area contributed by atoms with Crippen molar-refractivity contribution in [3.63, 3.8) is 0 Å². The maximum absolute atomic E-state index is 13.3. The van der Waals surface area contributed by atoms with Gasteiger partial charge in [-0.2, -0.15) is 15.0 Å². The highest BCUT2D eigenvalue weighted by Gasteiger charge is 2.29. The molecule has 16 heteroatoms. The Kier molecular flexibility index (Phi) is 13.9. The second kappa shape index (κ2) is 16.7. The van der Waals surface area contributed by atoms with Crippen LogP contribution in [0.25, 0.3) is 0 Å². The van der Waals surface area contributed by atoms with Gasteiger partial charge in [-0.25, -0.2) is 14.4 Å². The first kappa shape index (κ1) is 38.4.